The molecule has 1 unspecified atom stereocenters. The maximum atomic E-state index is 12.3. The SMILES string of the molecule is CC1(C)CCCC(NS(=O)(=O)Cc2ccc(CN)cc2)C1. The lowest BCUT2D eigenvalue weighted by Crippen LogP contribution is -2.41. The lowest BCUT2D eigenvalue weighted by molar-refractivity contribution is 0.212. The second-order valence-corrected chi connectivity index (χ2v) is 8.61. The van der Waals surface area contributed by atoms with Crippen molar-refractivity contribution in [2.75, 3.05) is 0 Å². The number of sulfonamides is 1. The van der Waals surface area contributed by atoms with Crippen LogP contribution < -0.4 is 10.5 Å². The van der Waals surface area contributed by atoms with Crippen LogP contribution in [0.4, 0.5) is 0 Å². The van der Waals surface area contributed by atoms with Crippen LogP contribution in [0.3, 0.4) is 0 Å². The van der Waals surface area contributed by atoms with E-state index in [9.17, 15) is 8.42 Å². The number of nitrogens with two attached hydrogens (primary N) is 1. The normalized spacial score (nSPS) is 22.1. The third kappa shape index (κ3) is 5.09. The highest BCUT2D eigenvalue weighted by molar-refractivity contribution is 7.88. The van der Waals surface area contributed by atoms with Crippen LogP contribution >= 0.6 is 0 Å². The van der Waals surface area contributed by atoms with E-state index in [2.05, 4.69) is 18.6 Å². The van der Waals surface area contributed by atoms with Crippen molar-refractivity contribution >= 4 is 10.0 Å². The van der Waals surface area contributed by atoms with Gasteiger partial charge >= 0.3 is 0 Å². The molecule has 21 heavy (non-hydrogen) atoms. The predicted octanol–water partition coefficient (Wildman–Crippen LogP) is 2.53. The number of hydrogen-bond donors (Lipinski definition) is 2. The van der Waals surface area contributed by atoms with E-state index in [0.717, 1.165) is 30.4 Å². The fourth-order valence-corrected chi connectivity index (χ4v) is 4.51. The van der Waals surface area contributed by atoms with Crippen LogP contribution in [0.5, 0.6) is 0 Å². The highest BCUT2D eigenvalue weighted by Crippen LogP contribution is 2.35. The molecule has 118 valence electrons. The van der Waals surface area contributed by atoms with Crippen molar-refractivity contribution in [2.24, 2.45) is 11.1 Å². The Labute approximate surface area is 128 Å². The van der Waals surface area contributed by atoms with Gasteiger partial charge in [0, 0.05) is 12.6 Å². The third-order valence-corrected chi connectivity index (χ3v) is 5.57. The summed E-state index contributed by atoms with van der Waals surface area (Å²) >= 11 is 0. The summed E-state index contributed by atoms with van der Waals surface area (Å²) in [6.45, 7) is 4.89. The summed E-state index contributed by atoms with van der Waals surface area (Å²) in [7, 11) is -3.29. The minimum atomic E-state index is -3.29. The van der Waals surface area contributed by atoms with Gasteiger partial charge in [-0.1, -0.05) is 44.5 Å². The van der Waals surface area contributed by atoms with E-state index >= 15 is 0 Å². The second-order valence-electron chi connectivity index (χ2n) is 6.86. The molecule has 0 heterocycles. The largest absolute Gasteiger partial charge is 0.326 e. The maximum absolute atomic E-state index is 12.3. The summed E-state index contributed by atoms with van der Waals surface area (Å²) in [6.07, 6.45) is 4.12. The molecule has 0 amide bonds. The Morgan fingerprint density at radius 1 is 1.24 bits per heavy atom. The van der Waals surface area contributed by atoms with Gasteiger partial charge in [-0.15, -0.1) is 0 Å². The molecule has 1 atom stereocenters. The third-order valence-electron chi connectivity index (χ3n) is 4.17. The van der Waals surface area contributed by atoms with Crippen LogP contribution in [0.15, 0.2) is 24.3 Å². The lowest BCUT2D eigenvalue weighted by atomic mass is 9.75. The highest BCUT2D eigenvalue weighted by Gasteiger charge is 2.30. The van der Waals surface area contributed by atoms with E-state index in [-0.39, 0.29) is 17.2 Å². The Balaban J connectivity index is 1.98. The average Bonchev–Trinajstić information content (AvgIpc) is 2.37. The molecule has 1 aromatic carbocycles. The van der Waals surface area contributed by atoms with Crippen molar-refractivity contribution in [3.8, 4) is 0 Å². The first-order valence-electron chi connectivity index (χ1n) is 7.58. The van der Waals surface area contributed by atoms with Crippen molar-refractivity contribution in [3.05, 3.63) is 35.4 Å². The highest BCUT2D eigenvalue weighted by atomic mass is 32.2. The van der Waals surface area contributed by atoms with Gasteiger partial charge in [0.15, 0.2) is 0 Å². The molecule has 0 spiro atoms. The zero-order valence-electron chi connectivity index (χ0n) is 12.9. The summed E-state index contributed by atoms with van der Waals surface area (Å²) in [6, 6.07) is 7.52. The predicted molar refractivity (Wildman–Crippen MR) is 86.1 cm³/mol. The Bertz CT molecular complexity index is 564. The molecule has 1 aromatic rings. The van der Waals surface area contributed by atoms with E-state index in [1.807, 2.05) is 24.3 Å². The summed E-state index contributed by atoms with van der Waals surface area (Å²) in [5.41, 5.74) is 7.59. The Morgan fingerprint density at radius 2 is 1.86 bits per heavy atom. The zero-order valence-corrected chi connectivity index (χ0v) is 13.7. The van der Waals surface area contributed by atoms with Gasteiger partial charge in [-0.25, -0.2) is 13.1 Å². The molecule has 0 aliphatic heterocycles. The van der Waals surface area contributed by atoms with Crippen molar-refractivity contribution in [2.45, 2.75) is 57.9 Å². The van der Waals surface area contributed by atoms with Crippen molar-refractivity contribution in [1.29, 1.82) is 0 Å². The van der Waals surface area contributed by atoms with Gasteiger partial charge in [-0.05, 0) is 35.8 Å². The topological polar surface area (TPSA) is 72.2 Å². The number of hydrogen-bond acceptors (Lipinski definition) is 3. The van der Waals surface area contributed by atoms with Gasteiger partial charge in [0.05, 0.1) is 5.75 Å². The van der Waals surface area contributed by atoms with Gasteiger partial charge < -0.3 is 5.73 Å². The first kappa shape index (κ1) is 16.5. The summed E-state index contributed by atoms with van der Waals surface area (Å²) in [5, 5.41) is 0. The van der Waals surface area contributed by atoms with Gasteiger partial charge in [0.2, 0.25) is 10.0 Å². The molecule has 4 nitrogen and oxygen atoms in total. The standard InChI is InChI=1S/C16H26N2O2S/c1-16(2)9-3-4-15(10-16)18-21(19,20)12-14-7-5-13(11-17)6-8-14/h5-8,15,18H,3-4,9-12,17H2,1-2H3. The van der Waals surface area contributed by atoms with E-state index in [1.165, 1.54) is 6.42 Å². The van der Waals surface area contributed by atoms with Crippen LogP contribution in [0, 0.1) is 5.41 Å². The van der Waals surface area contributed by atoms with Crippen LogP contribution in [0.1, 0.15) is 50.7 Å². The van der Waals surface area contributed by atoms with Crippen LogP contribution in [-0.4, -0.2) is 14.5 Å². The molecule has 5 heteroatoms. The Morgan fingerprint density at radius 3 is 2.43 bits per heavy atom. The van der Waals surface area contributed by atoms with Crippen molar-refractivity contribution < 1.29 is 8.42 Å². The monoisotopic (exact) mass is 310 g/mol. The molecule has 2 rings (SSSR count). The molecule has 0 radical (unpaired) electrons. The number of nitrogens with one attached hydrogen (secondary N) is 1. The van der Waals surface area contributed by atoms with E-state index in [4.69, 9.17) is 5.73 Å². The summed E-state index contributed by atoms with van der Waals surface area (Å²) in [5.74, 6) is 0.0365. The van der Waals surface area contributed by atoms with Crippen molar-refractivity contribution in [3.63, 3.8) is 0 Å². The average molecular weight is 310 g/mol. The van der Waals surface area contributed by atoms with Gasteiger partial charge in [0.25, 0.3) is 0 Å². The van der Waals surface area contributed by atoms with Crippen LogP contribution in [0.25, 0.3) is 0 Å². The molecule has 0 bridgehead atoms. The summed E-state index contributed by atoms with van der Waals surface area (Å²) in [4.78, 5) is 0. The Hall–Kier alpha value is -0.910. The van der Waals surface area contributed by atoms with Gasteiger partial charge in [-0.3, -0.25) is 0 Å². The van der Waals surface area contributed by atoms with Crippen LogP contribution in [-0.2, 0) is 22.3 Å². The van der Waals surface area contributed by atoms with Gasteiger partial charge in [-0.2, -0.15) is 0 Å². The molecule has 1 aliphatic rings. The minimum Gasteiger partial charge on any atom is -0.326 e. The molecule has 1 saturated carbocycles. The maximum Gasteiger partial charge on any atom is 0.216 e. The first-order valence-corrected chi connectivity index (χ1v) is 9.23. The molecular weight excluding hydrogens is 284 g/mol. The zero-order chi connectivity index (χ0) is 15.5. The lowest BCUT2D eigenvalue weighted by Gasteiger charge is -2.35. The summed E-state index contributed by atoms with van der Waals surface area (Å²) < 4.78 is 27.5. The minimum absolute atomic E-state index is 0.0365. The molecule has 0 saturated heterocycles. The molecule has 1 aliphatic carbocycles. The quantitative estimate of drug-likeness (QED) is 0.878. The fourth-order valence-electron chi connectivity index (χ4n) is 3.09. The second kappa shape index (κ2) is 6.46. The number of rotatable bonds is 5. The molecule has 1 fully saturated rings. The first-order chi connectivity index (χ1) is 9.80. The van der Waals surface area contributed by atoms with Crippen molar-refractivity contribution in [1.82, 2.24) is 4.72 Å². The van der Waals surface area contributed by atoms with E-state index < -0.39 is 10.0 Å². The molecular formula is C16H26N2O2S. The smallest absolute Gasteiger partial charge is 0.216 e. The fraction of sp³-hybridized carbons (Fsp3) is 0.625. The van der Waals surface area contributed by atoms with Crippen LogP contribution in [0.2, 0.25) is 0 Å². The molecule has 3 N–H and O–H groups in total. The van der Waals surface area contributed by atoms with Gasteiger partial charge in [0.1, 0.15) is 0 Å². The number of benzene rings is 1. The van der Waals surface area contributed by atoms with E-state index in [1.54, 1.807) is 0 Å². The molecule has 0 aromatic heterocycles. The Kier molecular flexibility index (Phi) is 5.07. The van der Waals surface area contributed by atoms with E-state index in [0.29, 0.717) is 6.54 Å².